The molecule has 0 atom stereocenters. The molecule has 72 valence electrons. The molecule has 0 radical (unpaired) electrons. The van der Waals surface area contributed by atoms with Crippen LogP contribution in [0.1, 0.15) is 32.6 Å². The first kappa shape index (κ1) is 11.6. The third kappa shape index (κ3) is 8.54. The van der Waals surface area contributed by atoms with Gasteiger partial charge in [-0.2, -0.15) is 5.26 Å². The smallest absolute Gasteiger partial charge is 0.176 e. The van der Waals surface area contributed by atoms with Gasteiger partial charge in [-0.05, 0) is 19.8 Å². The largest absolute Gasteiger partial charge is 0.324 e. The van der Waals surface area contributed by atoms with Gasteiger partial charge in [-0.3, -0.25) is 9.59 Å². The van der Waals surface area contributed by atoms with E-state index in [1.165, 1.54) is 6.92 Å². The number of carbonyl (C=O) groups is 2. The summed E-state index contributed by atoms with van der Waals surface area (Å²) < 4.78 is 0. The summed E-state index contributed by atoms with van der Waals surface area (Å²) in [6.45, 7) is 2.01. The molecule has 1 N–H and O–H groups in total. The fourth-order valence-corrected chi connectivity index (χ4v) is 0.958. The van der Waals surface area contributed by atoms with Gasteiger partial charge in [-0.1, -0.05) is 0 Å². The number of nitrogens with zero attached hydrogens (tertiary/aromatic N) is 1. The molecule has 0 spiro atoms. The average Bonchev–Trinajstić information content (AvgIpc) is 2.02. The van der Waals surface area contributed by atoms with Crippen LogP contribution in [0.4, 0.5) is 0 Å². The molecule has 0 bridgehead atoms. The summed E-state index contributed by atoms with van der Waals surface area (Å²) in [7, 11) is 0. The number of nitriles is 1. The SMILES string of the molecule is CC(=O)CC(=O)CCCCNC#N. The maximum absolute atomic E-state index is 11.0. The summed E-state index contributed by atoms with van der Waals surface area (Å²) >= 11 is 0. The number of unbranched alkanes of at least 4 members (excludes halogenated alkanes) is 1. The number of nitrogens with one attached hydrogen (secondary N) is 1. The number of hydrogen-bond acceptors (Lipinski definition) is 4. The molecule has 0 aromatic carbocycles. The van der Waals surface area contributed by atoms with Gasteiger partial charge in [0, 0.05) is 13.0 Å². The van der Waals surface area contributed by atoms with Gasteiger partial charge >= 0.3 is 0 Å². The number of rotatable bonds is 7. The summed E-state index contributed by atoms with van der Waals surface area (Å²) in [5, 5.41) is 10.6. The van der Waals surface area contributed by atoms with E-state index in [0.29, 0.717) is 13.0 Å². The van der Waals surface area contributed by atoms with Crippen molar-refractivity contribution in [3.8, 4) is 6.19 Å². The Bertz CT molecular complexity index is 218. The molecule has 0 aromatic heterocycles. The van der Waals surface area contributed by atoms with Crippen molar-refractivity contribution in [2.75, 3.05) is 6.54 Å². The zero-order valence-corrected chi connectivity index (χ0v) is 7.80. The van der Waals surface area contributed by atoms with Gasteiger partial charge < -0.3 is 5.32 Å². The molecule has 4 heteroatoms. The minimum Gasteiger partial charge on any atom is -0.324 e. The van der Waals surface area contributed by atoms with Gasteiger partial charge in [0.1, 0.15) is 11.6 Å². The van der Waals surface area contributed by atoms with Crippen LogP contribution in [0.3, 0.4) is 0 Å². The Morgan fingerprint density at radius 1 is 1.38 bits per heavy atom. The summed E-state index contributed by atoms with van der Waals surface area (Å²) in [6.07, 6.45) is 3.81. The minimum absolute atomic E-state index is 0.00976. The van der Waals surface area contributed by atoms with Gasteiger partial charge in [0.2, 0.25) is 0 Å². The molecule has 0 amide bonds. The standard InChI is InChI=1S/C9H14N2O2/c1-8(12)6-9(13)4-2-3-5-11-7-10/h11H,2-6H2,1H3. The highest BCUT2D eigenvalue weighted by molar-refractivity contribution is 5.97. The van der Waals surface area contributed by atoms with Crippen LogP contribution < -0.4 is 5.32 Å². The van der Waals surface area contributed by atoms with E-state index in [9.17, 15) is 9.59 Å². The van der Waals surface area contributed by atoms with Crippen molar-refractivity contribution in [3.63, 3.8) is 0 Å². The Labute approximate surface area is 77.9 Å². The lowest BCUT2D eigenvalue weighted by Crippen LogP contribution is -2.09. The van der Waals surface area contributed by atoms with Crippen LogP contribution in [-0.4, -0.2) is 18.1 Å². The second-order valence-corrected chi connectivity index (χ2v) is 2.91. The molecule has 0 aliphatic rings. The van der Waals surface area contributed by atoms with E-state index in [2.05, 4.69) is 5.32 Å². The summed E-state index contributed by atoms with van der Waals surface area (Å²) in [4.78, 5) is 21.5. The molecule has 0 heterocycles. The van der Waals surface area contributed by atoms with Crippen molar-refractivity contribution in [2.45, 2.75) is 32.6 Å². The first-order valence-electron chi connectivity index (χ1n) is 4.30. The van der Waals surface area contributed by atoms with E-state index < -0.39 is 0 Å². The van der Waals surface area contributed by atoms with Crippen molar-refractivity contribution < 1.29 is 9.59 Å². The highest BCUT2D eigenvalue weighted by Crippen LogP contribution is 1.98. The van der Waals surface area contributed by atoms with Crippen LogP contribution in [-0.2, 0) is 9.59 Å². The van der Waals surface area contributed by atoms with Crippen LogP contribution in [0, 0.1) is 11.5 Å². The van der Waals surface area contributed by atoms with Crippen LogP contribution in [0.25, 0.3) is 0 Å². The predicted molar refractivity (Wildman–Crippen MR) is 47.8 cm³/mol. The Kier molecular flexibility index (Phi) is 6.52. The lowest BCUT2D eigenvalue weighted by Gasteiger charge is -1.98. The van der Waals surface area contributed by atoms with E-state index in [1.807, 2.05) is 0 Å². The first-order chi connectivity index (χ1) is 6.16. The lowest BCUT2D eigenvalue weighted by molar-refractivity contribution is -0.125. The van der Waals surface area contributed by atoms with Gasteiger partial charge in [-0.15, -0.1) is 0 Å². The molecule has 0 aromatic rings. The molecule has 0 saturated carbocycles. The normalized spacial score (nSPS) is 8.92. The number of ketones is 2. The van der Waals surface area contributed by atoms with Crippen molar-refractivity contribution in [2.24, 2.45) is 0 Å². The maximum Gasteiger partial charge on any atom is 0.176 e. The molecule has 0 aliphatic carbocycles. The van der Waals surface area contributed by atoms with E-state index in [4.69, 9.17) is 5.26 Å². The molecule has 0 aliphatic heterocycles. The van der Waals surface area contributed by atoms with Crippen molar-refractivity contribution in [3.05, 3.63) is 0 Å². The van der Waals surface area contributed by atoms with E-state index >= 15 is 0 Å². The van der Waals surface area contributed by atoms with Crippen molar-refractivity contribution in [1.29, 1.82) is 5.26 Å². The monoisotopic (exact) mass is 182 g/mol. The zero-order valence-electron chi connectivity index (χ0n) is 7.80. The highest BCUT2D eigenvalue weighted by Gasteiger charge is 2.04. The van der Waals surface area contributed by atoms with E-state index in [1.54, 1.807) is 6.19 Å². The van der Waals surface area contributed by atoms with Crippen LogP contribution in [0.5, 0.6) is 0 Å². The molecular formula is C9H14N2O2. The lowest BCUT2D eigenvalue weighted by atomic mass is 10.1. The Morgan fingerprint density at radius 2 is 2.08 bits per heavy atom. The average molecular weight is 182 g/mol. The summed E-state index contributed by atoms with van der Waals surface area (Å²) in [5.74, 6) is -0.0930. The molecule has 0 fully saturated rings. The third-order valence-electron chi connectivity index (χ3n) is 1.53. The highest BCUT2D eigenvalue weighted by atomic mass is 16.1. The topological polar surface area (TPSA) is 70.0 Å². The van der Waals surface area contributed by atoms with Crippen molar-refractivity contribution in [1.82, 2.24) is 5.32 Å². The van der Waals surface area contributed by atoms with Gasteiger partial charge in [-0.25, -0.2) is 0 Å². The number of carbonyl (C=O) groups excluding carboxylic acids is 2. The van der Waals surface area contributed by atoms with Crippen molar-refractivity contribution >= 4 is 11.6 Å². The van der Waals surface area contributed by atoms with Gasteiger partial charge in [0.05, 0.1) is 6.42 Å². The Balaban J connectivity index is 3.28. The van der Waals surface area contributed by atoms with E-state index in [0.717, 1.165) is 12.8 Å². The second-order valence-electron chi connectivity index (χ2n) is 2.91. The molecule has 0 rings (SSSR count). The number of hydrogen-bond donors (Lipinski definition) is 1. The Hall–Kier alpha value is -1.37. The van der Waals surface area contributed by atoms with Crippen LogP contribution >= 0.6 is 0 Å². The summed E-state index contributed by atoms with van der Waals surface area (Å²) in [5.41, 5.74) is 0. The molecule has 13 heavy (non-hydrogen) atoms. The second kappa shape index (κ2) is 7.29. The fourth-order valence-electron chi connectivity index (χ4n) is 0.958. The molecule has 4 nitrogen and oxygen atoms in total. The number of Topliss-reactive ketones (excluding diaryl/α,β-unsaturated/α-hetero) is 2. The maximum atomic E-state index is 11.0. The summed E-state index contributed by atoms with van der Waals surface area (Å²) in [6, 6.07) is 0. The fraction of sp³-hybridized carbons (Fsp3) is 0.667. The van der Waals surface area contributed by atoms with Crippen LogP contribution in [0.15, 0.2) is 0 Å². The molecule has 0 saturated heterocycles. The van der Waals surface area contributed by atoms with Gasteiger partial charge in [0.15, 0.2) is 6.19 Å². The molecule has 0 unspecified atom stereocenters. The van der Waals surface area contributed by atoms with Gasteiger partial charge in [0.25, 0.3) is 0 Å². The third-order valence-corrected chi connectivity index (χ3v) is 1.53. The van der Waals surface area contributed by atoms with Crippen LogP contribution in [0.2, 0.25) is 0 Å². The quantitative estimate of drug-likeness (QED) is 0.273. The Morgan fingerprint density at radius 3 is 2.62 bits per heavy atom. The first-order valence-corrected chi connectivity index (χ1v) is 4.30. The predicted octanol–water partition coefficient (Wildman–Crippen LogP) is 0.776. The minimum atomic E-state index is -0.0832. The zero-order chi connectivity index (χ0) is 10.1. The molecular weight excluding hydrogens is 168 g/mol. The van der Waals surface area contributed by atoms with E-state index in [-0.39, 0.29) is 18.0 Å².